The van der Waals surface area contributed by atoms with Crippen LogP contribution in [0.15, 0.2) is 60.6 Å². The van der Waals surface area contributed by atoms with Gasteiger partial charge < -0.3 is 4.57 Å². The first kappa shape index (κ1) is 17.2. The van der Waals surface area contributed by atoms with Gasteiger partial charge in [-0.3, -0.25) is 19.9 Å². The van der Waals surface area contributed by atoms with Crippen molar-refractivity contribution in [1.29, 1.82) is 0 Å². The van der Waals surface area contributed by atoms with Gasteiger partial charge >= 0.3 is 6.03 Å². The Morgan fingerprint density at radius 2 is 1.96 bits per heavy atom. The highest BCUT2D eigenvalue weighted by Gasteiger charge is 2.37. The largest absolute Gasteiger partial charge is 0.336 e. The van der Waals surface area contributed by atoms with E-state index in [1.54, 1.807) is 18.3 Å². The molecule has 0 atom stereocenters. The van der Waals surface area contributed by atoms with Crippen molar-refractivity contribution in [2.45, 2.75) is 6.54 Å². The predicted octanol–water partition coefficient (Wildman–Crippen LogP) is 2.34. The molecule has 7 heteroatoms. The van der Waals surface area contributed by atoms with Crippen molar-refractivity contribution < 1.29 is 14.4 Å². The van der Waals surface area contributed by atoms with E-state index in [0.29, 0.717) is 12.1 Å². The molecule has 1 fully saturated rings. The summed E-state index contributed by atoms with van der Waals surface area (Å²) in [5.41, 5.74) is 1.67. The summed E-state index contributed by atoms with van der Waals surface area (Å²) in [5, 5.41) is 3.04. The van der Waals surface area contributed by atoms with Gasteiger partial charge in [-0.25, -0.2) is 9.69 Å². The molecule has 0 unspecified atom stereocenters. The molecular weight excluding hydrogens is 356 g/mol. The fourth-order valence-electron chi connectivity index (χ4n) is 3.15. The SMILES string of the molecule is C#CCn1cc(C=C2C(=O)NC(=O)N(c3cccnc3)C2=O)c2ccccc21. The van der Waals surface area contributed by atoms with E-state index in [4.69, 9.17) is 6.42 Å². The Labute approximate surface area is 160 Å². The Bertz CT molecular complexity index is 1190. The number of hydrogen-bond acceptors (Lipinski definition) is 4. The van der Waals surface area contributed by atoms with Crippen molar-refractivity contribution in [1.82, 2.24) is 14.9 Å². The molecule has 0 saturated carbocycles. The average Bonchev–Trinajstić information content (AvgIpc) is 3.04. The Morgan fingerprint density at radius 3 is 2.71 bits per heavy atom. The quantitative estimate of drug-likeness (QED) is 0.436. The number of benzene rings is 1. The second kappa shape index (κ2) is 6.85. The van der Waals surface area contributed by atoms with Crippen LogP contribution in [0.4, 0.5) is 10.5 Å². The van der Waals surface area contributed by atoms with Gasteiger partial charge in [0.2, 0.25) is 0 Å². The maximum atomic E-state index is 12.9. The molecule has 136 valence electrons. The molecule has 0 bridgehead atoms. The van der Waals surface area contributed by atoms with Crippen LogP contribution >= 0.6 is 0 Å². The van der Waals surface area contributed by atoms with Crippen molar-refractivity contribution in [2.75, 3.05) is 4.90 Å². The number of anilines is 1. The predicted molar refractivity (Wildman–Crippen MR) is 104 cm³/mol. The van der Waals surface area contributed by atoms with E-state index < -0.39 is 17.8 Å². The minimum atomic E-state index is -0.810. The van der Waals surface area contributed by atoms with Crippen molar-refractivity contribution in [3.8, 4) is 12.3 Å². The first-order valence-electron chi connectivity index (χ1n) is 8.43. The summed E-state index contributed by atoms with van der Waals surface area (Å²) in [6.45, 7) is 0.351. The Morgan fingerprint density at radius 1 is 1.14 bits per heavy atom. The molecule has 0 aliphatic carbocycles. The van der Waals surface area contributed by atoms with Crippen LogP contribution in [0.1, 0.15) is 5.56 Å². The molecule has 1 aromatic carbocycles. The third-order valence-electron chi connectivity index (χ3n) is 4.39. The van der Waals surface area contributed by atoms with Gasteiger partial charge in [0.15, 0.2) is 0 Å². The highest BCUT2D eigenvalue weighted by molar-refractivity contribution is 6.39. The van der Waals surface area contributed by atoms with E-state index in [9.17, 15) is 14.4 Å². The Balaban J connectivity index is 1.82. The molecule has 1 aliphatic rings. The molecule has 3 heterocycles. The van der Waals surface area contributed by atoms with Crippen LogP contribution in [0.3, 0.4) is 0 Å². The average molecular weight is 370 g/mol. The van der Waals surface area contributed by atoms with E-state index in [1.807, 2.05) is 28.8 Å². The highest BCUT2D eigenvalue weighted by Crippen LogP contribution is 2.26. The number of carbonyl (C=O) groups excluding carboxylic acids is 3. The van der Waals surface area contributed by atoms with Crippen molar-refractivity contribution in [3.05, 3.63) is 66.1 Å². The summed E-state index contributed by atoms with van der Waals surface area (Å²) in [7, 11) is 0. The minimum absolute atomic E-state index is 0.146. The van der Waals surface area contributed by atoms with E-state index >= 15 is 0 Å². The summed E-state index contributed by atoms with van der Waals surface area (Å²) >= 11 is 0. The molecule has 1 aliphatic heterocycles. The van der Waals surface area contributed by atoms with E-state index in [-0.39, 0.29) is 11.3 Å². The molecule has 1 N–H and O–H groups in total. The molecule has 4 rings (SSSR count). The Kier molecular flexibility index (Phi) is 4.22. The number of nitrogens with zero attached hydrogens (tertiary/aromatic N) is 3. The summed E-state index contributed by atoms with van der Waals surface area (Å²) in [5.74, 6) is 1.12. The number of urea groups is 1. The van der Waals surface area contributed by atoms with E-state index in [2.05, 4.69) is 16.2 Å². The number of barbiturate groups is 1. The van der Waals surface area contributed by atoms with Gasteiger partial charge in [-0.05, 0) is 24.3 Å². The van der Waals surface area contributed by atoms with E-state index in [0.717, 1.165) is 15.8 Å². The number of nitrogens with one attached hydrogen (secondary N) is 1. The molecule has 0 spiro atoms. The number of aromatic nitrogens is 2. The normalized spacial score (nSPS) is 15.8. The zero-order valence-electron chi connectivity index (χ0n) is 14.6. The van der Waals surface area contributed by atoms with Crippen LogP contribution in [0, 0.1) is 12.3 Å². The third kappa shape index (κ3) is 2.83. The molecule has 4 amide bonds. The lowest BCUT2D eigenvalue weighted by Gasteiger charge is -2.25. The van der Waals surface area contributed by atoms with Gasteiger partial charge in [0.1, 0.15) is 5.57 Å². The van der Waals surface area contributed by atoms with Crippen molar-refractivity contribution in [3.63, 3.8) is 0 Å². The second-order valence-corrected chi connectivity index (χ2v) is 6.10. The molecule has 28 heavy (non-hydrogen) atoms. The number of amides is 4. The number of imide groups is 2. The molecule has 1 saturated heterocycles. The lowest BCUT2D eigenvalue weighted by atomic mass is 10.1. The number of para-hydroxylation sites is 1. The zero-order chi connectivity index (χ0) is 19.7. The van der Waals surface area contributed by atoms with Crippen molar-refractivity contribution >= 4 is 40.5 Å². The first-order chi connectivity index (χ1) is 13.6. The van der Waals surface area contributed by atoms with Gasteiger partial charge in [0.25, 0.3) is 11.8 Å². The minimum Gasteiger partial charge on any atom is -0.335 e. The number of hydrogen-bond donors (Lipinski definition) is 1. The van der Waals surface area contributed by atoms with Crippen LogP contribution in [0.5, 0.6) is 0 Å². The Hall–Kier alpha value is -4.18. The first-order valence-corrected chi connectivity index (χ1v) is 8.43. The smallest absolute Gasteiger partial charge is 0.335 e. The summed E-state index contributed by atoms with van der Waals surface area (Å²) in [6.07, 6.45) is 11.6. The fourth-order valence-corrected chi connectivity index (χ4v) is 3.15. The van der Waals surface area contributed by atoms with Crippen LogP contribution in [0.2, 0.25) is 0 Å². The lowest BCUT2D eigenvalue weighted by Crippen LogP contribution is -2.54. The summed E-state index contributed by atoms with van der Waals surface area (Å²) in [4.78, 5) is 42.3. The number of rotatable bonds is 3. The maximum Gasteiger partial charge on any atom is 0.336 e. The van der Waals surface area contributed by atoms with Crippen LogP contribution < -0.4 is 10.2 Å². The molecule has 7 nitrogen and oxygen atoms in total. The standard InChI is InChI=1S/C21H14N4O3/c1-2-10-24-13-14(16-7-3-4-8-18(16)24)11-17-19(26)23-21(28)25(20(17)27)15-6-5-9-22-12-15/h1,3-9,11-13H,10H2,(H,23,26,28). The van der Waals surface area contributed by atoms with Crippen LogP contribution in [0.25, 0.3) is 17.0 Å². The maximum absolute atomic E-state index is 12.9. The molecule has 3 aromatic rings. The molecule has 0 radical (unpaired) electrons. The van der Waals surface area contributed by atoms with Gasteiger partial charge in [-0.2, -0.15) is 0 Å². The summed E-state index contributed by atoms with van der Waals surface area (Å²) < 4.78 is 1.86. The van der Waals surface area contributed by atoms with Crippen molar-refractivity contribution in [2.24, 2.45) is 0 Å². The van der Waals surface area contributed by atoms with Gasteiger partial charge in [0, 0.05) is 28.9 Å². The summed E-state index contributed by atoms with van der Waals surface area (Å²) in [6, 6.07) is 9.88. The van der Waals surface area contributed by atoms with Crippen LogP contribution in [-0.2, 0) is 16.1 Å². The topological polar surface area (TPSA) is 84.3 Å². The molecular formula is C21H14N4O3. The fraction of sp³-hybridized carbons (Fsp3) is 0.0476. The molecule has 2 aromatic heterocycles. The van der Waals surface area contributed by atoms with E-state index in [1.165, 1.54) is 18.5 Å². The highest BCUT2D eigenvalue weighted by atomic mass is 16.2. The number of fused-ring (bicyclic) bond motifs is 1. The number of carbonyl (C=O) groups is 3. The second-order valence-electron chi connectivity index (χ2n) is 6.10. The number of terminal acetylenes is 1. The monoisotopic (exact) mass is 370 g/mol. The number of pyridine rings is 1. The lowest BCUT2D eigenvalue weighted by molar-refractivity contribution is -0.122. The van der Waals surface area contributed by atoms with Crippen LogP contribution in [-0.4, -0.2) is 27.4 Å². The van der Waals surface area contributed by atoms with Gasteiger partial charge in [-0.15, -0.1) is 6.42 Å². The zero-order valence-corrected chi connectivity index (χ0v) is 14.6. The van der Waals surface area contributed by atoms with Gasteiger partial charge in [0.05, 0.1) is 18.4 Å². The third-order valence-corrected chi connectivity index (χ3v) is 4.39. The van der Waals surface area contributed by atoms with Gasteiger partial charge in [-0.1, -0.05) is 24.1 Å².